The Morgan fingerprint density at radius 1 is 0.359 bits per heavy atom. The molecule has 0 heterocycles. The van der Waals surface area contributed by atoms with E-state index < -0.39 is 6.10 Å². The Bertz CT molecular complexity index is 1020. The van der Waals surface area contributed by atoms with Crippen molar-refractivity contribution in [3.05, 3.63) is 36.5 Å². The second-order valence-electron chi connectivity index (χ2n) is 19.4. The van der Waals surface area contributed by atoms with Crippen LogP contribution in [-0.4, -0.2) is 36.4 Å². The highest BCUT2D eigenvalue weighted by Gasteiger charge is 2.16. The van der Waals surface area contributed by atoms with Gasteiger partial charge >= 0.3 is 11.9 Å². The van der Waals surface area contributed by atoms with Crippen molar-refractivity contribution in [2.45, 2.75) is 315 Å². The second kappa shape index (κ2) is 55.4. The van der Waals surface area contributed by atoms with Crippen LogP contribution in [0.25, 0.3) is 0 Å². The average molecular weight is 900 g/mol. The fraction of sp³-hybridized carbons (Fsp3) is 0.864. The molecule has 1 N–H and O–H groups in total. The number of unbranched alkanes of at least 4 members (excludes halogenated alkanes) is 39. The van der Waals surface area contributed by atoms with Gasteiger partial charge in [0, 0.05) is 12.8 Å². The van der Waals surface area contributed by atoms with Crippen molar-refractivity contribution in [1.29, 1.82) is 0 Å². The number of carbonyl (C=O) groups is 2. The van der Waals surface area contributed by atoms with E-state index in [0.717, 1.165) is 57.8 Å². The molecule has 0 aliphatic heterocycles. The third-order valence-electron chi connectivity index (χ3n) is 12.9. The monoisotopic (exact) mass is 899 g/mol. The Labute approximate surface area is 399 Å². The van der Waals surface area contributed by atoms with Crippen LogP contribution in [0.1, 0.15) is 309 Å². The first-order valence-corrected chi connectivity index (χ1v) is 28.5. The topological polar surface area (TPSA) is 72.8 Å². The molecule has 0 aromatic carbocycles. The SMILES string of the molecule is CCC/C=C\C/C=C\CCCCCCCC(=O)OC(CO)COC(=O)CCCCCCCCCCCCCCCCCCCCCCCCCCC/C=C\CCCCCCCCCC. The van der Waals surface area contributed by atoms with Crippen molar-refractivity contribution in [3.8, 4) is 0 Å². The molecule has 0 bridgehead atoms. The normalized spacial score (nSPS) is 12.4. The van der Waals surface area contributed by atoms with Crippen LogP contribution in [0.4, 0.5) is 0 Å². The van der Waals surface area contributed by atoms with Gasteiger partial charge in [0.2, 0.25) is 0 Å². The summed E-state index contributed by atoms with van der Waals surface area (Å²) >= 11 is 0. The van der Waals surface area contributed by atoms with Gasteiger partial charge in [-0.25, -0.2) is 0 Å². The first-order chi connectivity index (χ1) is 31.6. The molecule has 1 unspecified atom stereocenters. The minimum atomic E-state index is -0.776. The number of rotatable bonds is 53. The third kappa shape index (κ3) is 52.7. The smallest absolute Gasteiger partial charge is 0.306 e. The zero-order valence-corrected chi connectivity index (χ0v) is 43.1. The predicted octanol–water partition coefficient (Wildman–Crippen LogP) is 19.1. The average Bonchev–Trinajstić information content (AvgIpc) is 3.30. The van der Waals surface area contributed by atoms with E-state index in [-0.39, 0.29) is 25.2 Å². The van der Waals surface area contributed by atoms with Crippen LogP contribution in [0.5, 0.6) is 0 Å². The molecule has 5 heteroatoms. The van der Waals surface area contributed by atoms with Crippen LogP contribution in [0, 0.1) is 0 Å². The first-order valence-electron chi connectivity index (χ1n) is 28.5. The molecule has 376 valence electrons. The minimum Gasteiger partial charge on any atom is -0.462 e. The number of carbonyl (C=O) groups excluding carboxylic acids is 2. The standard InChI is InChI=1S/C59H110O5/c1-3-5-7-9-11-13-15-17-18-19-20-21-22-23-24-25-26-27-28-29-30-31-32-33-34-35-36-37-38-39-40-42-43-45-47-49-51-53-58(61)63-56-57(55-60)64-59(62)54-52-50-48-46-44-41-16-14-12-10-8-6-4-2/h8,10,14,16,19-20,57,60H,3-7,9,11-13,15,17-18,21-56H2,1-2H3/b10-8-,16-14-,20-19-. The van der Waals surface area contributed by atoms with Crippen LogP contribution >= 0.6 is 0 Å². The lowest BCUT2D eigenvalue weighted by molar-refractivity contribution is -0.161. The minimum absolute atomic E-state index is 0.0678. The van der Waals surface area contributed by atoms with E-state index in [9.17, 15) is 14.7 Å². The molecule has 0 aliphatic rings. The Kier molecular flexibility index (Phi) is 53.8. The fourth-order valence-corrected chi connectivity index (χ4v) is 8.59. The van der Waals surface area contributed by atoms with E-state index in [1.165, 1.54) is 225 Å². The fourth-order valence-electron chi connectivity index (χ4n) is 8.59. The van der Waals surface area contributed by atoms with Crippen molar-refractivity contribution >= 4 is 11.9 Å². The van der Waals surface area contributed by atoms with E-state index in [4.69, 9.17) is 9.47 Å². The van der Waals surface area contributed by atoms with Crippen LogP contribution < -0.4 is 0 Å². The molecule has 0 saturated carbocycles. The lowest BCUT2D eigenvalue weighted by atomic mass is 10.0. The molecule has 0 aromatic rings. The van der Waals surface area contributed by atoms with Gasteiger partial charge in [-0.15, -0.1) is 0 Å². The summed E-state index contributed by atoms with van der Waals surface area (Å²) in [5.41, 5.74) is 0. The van der Waals surface area contributed by atoms with Crippen LogP contribution in [-0.2, 0) is 19.1 Å². The summed E-state index contributed by atoms with van der Waals surface area (Å²) in [6, 6.07) is 0. The quantitative estimate of drug-likeness (QED) is 0.0374. The molecule has 0 saturated heterocycles. The Morgan fingerprint density at radius 2 is 0.656 bits per heavy atom. The van der Waals surface area contributed by atoms with Crippen molar-refractivity contribution in [1.82, 2.24) is 0 Å². The molecule has 0 spiro atoms. The summed E-state index contributed by atoms with van der Waals surface area (Å²) in [6.45, 7) is 4.09. The highest BCUT2D eigenvalue weighted by atomic mass is 16.6. The number of esters is 2. The van der Waals surface area contributed by atoms with Gasteiger partial charge in [-0.1, -0.05) is 269 Å². The maximum absolute atomic E-state index is 12.2. The highest BCUT2D eigenvalue weighted by Crippen LogP contribution is 2.17. The number of aliphatic hydroxyl groups is 1. The lowest BCUT2D eigenvalue weighted by Crippen LogP contribution is -2.28. The molecule has 0 aliphatic carbocycles. The van der Waals surface area contributed by atoms with E-state index in [1.807, 2.05) is 0 Å². The molecule has 0 fully saturated rings. The van der Waals surface area contributed by atoms with E-state index >= 15 is 0 Å². The first kappa shape index (κ1) is 62.1. The Hall–Kier alpha value is -1.88. The van der Waals surface area contributed by atoms with Gasteiger partial charge in [-0.05, 0) is 64.2 Å². The van der Waals surface area contributed by atoms with Crippen molar-refractivity contribution in [3.63, 3.8) is 0 Å². The van der Waals surface area contributed by atoms with Gasteiger partial charge in [0.05, 0.1) is 6.61 Å². The van der Waals surface area contributed by atoms with E-state index in [0.29, 0.717) is 12.8 Å². The van der Waals surface area contributed by atoms with E-state index in [1.54, 1.807) is 0 Å². The van der Waals surface area contributed by atoms with Gasteiger partial charge in [-0.2, -0.15) is 0 Å². The van der Waals surface area contributed by atoms with Crippen LogP contribution in [0.2, 0.25) is 0 Å². The summed E-state index contributed by atoms with van der Waals surface area (Å²) in [4.78, 5) is 24.4. The number of allylic oxidation sites excluding steroid dienone is 6. The van der Waals surface area contributed by atoms with Crippen LogP contribution in [0.15, 0.2) is 36.5 Å². The summed E-state index contributed by atoms with van der Waals surface area (Å²) < 4.78 is 10.7. The largest absolute Gasteiger partial charge is 0.462 e. The summed E-state index contributed by atoms with van der Waals surface area (Å²) in [5.74, 6) is -0.595. The van der Waals surface area contributed by atoms with Gasteiger partial charge in [0.25, 0.3) is 0 Å². The molecular weight excluding hydrogens is 789 g/mol. The molecule has 5 nitrogen and oxygen atoms in total. The van der Waals surface area contributed by atoms with Gasteiger partial charge in [-0.3, -0.25) is 9.59 Å². The number of hydrogen-bond donors (Lipinski definition) is 1. The van der Waals surface area contributed by atoms with Gasteiger partial charge in [0.1, 0.15) is 6.61 Å². The van der Waals surface area contributed by atoms with E-state index in [2.05, 4.69) is 50.3 Å². The number of ether oxygens (including phenoxy) is 2. The van der Waals surface area contributed by atoms with Crippen molar-refractivity contribution in [2.24, 2.45) is 0 Å². The zero-order valence-electron chi connectivity index (χ0n) is 43.1. The van der Waals surface area contributed by atoms with Crippen molar-refractivity contribution < 1.29 is 24.2 Å². The maximum Gasteiger partial charge on any atom is 0.306 e. The van der Waals surface area contributed by atoms with Gasteiger partial charge in [0.15, 0.2) is 6.10 Å². The predicted molar refractivity (Wildman–Crippen MR) is 279 cm³/mol. The molecule has 0 aromatic heterocycles. The molecule has 64 heavy (non-hydrogen) atoms. The molecule has 1 atom stereocenters. The number of aliphatic hydroxyl groups excluding tert-OH is 1. The Morgan fingerprint density at radius 3 is 1.00 bits per heavy atom. The Balaban J connectivity index is 3.36. The number of hydrogen-bond acceptors (Lipinski definition) is 5. The van der Waals surface area contributed by atoms with Gasteiger partial charge < -0.3 is 14.6 Å². The highest BCUT2D eigenvalue weighted by molar-refractivity contribution is 5.70. The summed E-state index contributed by atoms with van der Waals surface area (Å²) in [7, 11) is 0. The third-order valence-corrected chi connectivity index (χ3v) is 12.9. The zero-order chi connectivity index (χ0) is 46.3. The second-order valence-corrected chi connectivity index (χ2v) is 19.4. The van der Waals surface area contributed by atoms with Crippen LogP contribution in [0.3, 0.4) is 0 Å². The summed E-state index contributed by atoms with van der Waals surface area (Å²) in [5, 5.41) is 9.60. The summed E-state index contributed by atoms with van der Waals surface area (Å²) in [6.07, 6.45) is 71.5. The molecule has 0 rings (SSSR count). The maximum atomic E-state index is 12.2. The molecular formula is C59H110O5. The molecule has 0 radical (unpaired) electrons. The van der Waals surface area contributed by atoms with Crippen molar-refractivity contribution in [2.75, 3.05) is 13.2 Å². The lowest BCUT2D eigenvalue weighted by Gasteiger charge is -2.15. The molecule has 0 amide bonds.